The lowest BCUT2D eigenvalue weighted by molar-refractivity contribution is -0.383. The maximum atomic E-state index is 10.7. The van der Waals surface area contributed by atoms with Gasteiger partial charge in [0.05, 0.1) is 15.8 Å². The molecule has 0 unspecified atom stereocenters. The van der Waals surface area contributed by atoms with Gasteiger partial charge in [0.15, 0.2) is 0 Å². The molecule has 2 aromatic rings. The van der Waals surface area contributed by atoms with Crippen molar-refractivity contribution in [3.8, 4) is 0 Å². The second-order valence-corrected chi connectivity index (χ2v) is 3.11. The van der Waals surface area contributed by atoms with Crippen LogP contribution in [0, 0.1) is 17.0 Å². The highest BCUT2D eigenvalue weighted by Crippen LogP contribution is 2.23. The molecule has 1 aromatic heterocycles. The average molecular weight is 188 g/mol. The van der Waals surface area contributed by atoms with Crippen molar-refractivity contribution in [2.45, 2.75) is 6.92 Å². The summed E-state index contributed by atoms with van der Waals surface area (Å²) in [4.78, 5) is 14.4. The normalized spacial score (nSPS) is 10.4. The molecular formula is C10H8N2O2. The summed E-state index contributed by atoms with van der Waals surface area (Å²) in [6.45, 7) is 1.90. The van der Waals surface area contributed by atoms with Crippen LogP contribution in [0.4, 0.5) is 5.69 Å². The van der Waals surface area contributed by atoms with Crippen LogP contribution >= 0.6 is 0 Å². The standard InChI is InChI=1S/C10H8N2O2/c1-7-2-3-9-8(6-7)10(12(13)14)4-5-11-9/h2-6H,1H3. The van der Waals surface area contributed by atoms with E-state index in [-0.39, 0.29) is 10.6 Å². The van der Waals surface area contributed by atoms with E-state index in [1.54, 1.807) is 12.1 Å². The minimum absolute atomic E-state index is 0.110. The van der Waals surface area contributed by atoms with Gasteiger partial charge in [0.2, 0.25) is 0 Å². The van der Waals surface area contributed by atoms with E-state index in [4.69, 9.17) is 0 Å². The van der Waals surface area contributed by atoms with E-state index in [0.717, 1.165) is 5.56 Å². The number of nitrogens with zero attached hydrogens (tertiary/aromatic N) is 2. The largest absolute Gasteiger partial charge is 0.280 e. The van der Waals surface area contributed by atoms with Gasteiger partial charge in [-0.25, -0.2) is 0 Å². The van der Waals surface area contributed by atoms with Gasteiger partial charge in [-0.1, -0.05) is 11.6 Å². The SMILES string of the molecule is Cc1ccc2nccc([N+](=O)[O-])c2c1. The van der Waals surface area contributed by atoms with Crippen LogP contribution in [0.3, 0.4) is 0 Å². The van der Waals surface area contributed by atoms with E-state index in [1.807, 2.05) is 13.0 Å². The maximum Gasteiger partial charge on any atom is 0.280 e. The summed E-state index contributed by atoms with van der Waals surface area (Å²) in [5.41, 5.74) is 1.76. The molecule has 4 heteroatoms. The molecular weight excluding hydrogens is 180 g/mol. The van der Waals surface area contributed by atoms with Crippen molar-refractivity contribution in [3.05, 3.63) is 46.1 Å². The first-order chi connectivity index (χ1) is 6.68. The molecule has 0 saturated carbocycles. The molecule has 0 saturated heterocycles. The van der Waals surface area contributed by atoms with Crippen molar-refractivity contribution in [1.29, 1.82) is 0 Å². The highest BCUT2D eigenvalue weighted by molar-refractivity contribution is 5.87. The molecule has 2 rings (SSSR count). The molecule has 14 heavy (non-hydrogen) atoms. The zero-order valence-electron chi connectivity index (χ0n) is 7.60. The Bertz CT molecular complexity index is 508. The summed E-state index contributed by atoms with van der Waals surface area (Å²) < 4.78 is 0. The zero-order chi connectivity index (χ0) is 10.1. The summed E-state index contributed by atoms with van der Waals surface area (Å²) in [7, 11) is 0. The Morgan fingerprint density at radius 2 is 2.14 bits per heavy atom. The van der Waals surface area contributed by atoms with E-state index >= 15 is 0 Å². The molecule has 0 fully saturated rings. The van der Waals surface area contributed by atoms with Gasteiger partial charge in [0.25, 0.3) is 5.69 Å². The minimum Gasteiger partial charge on any atom is -0.258 e. The summed E-state index contributed by atoms with van der Waals surface area (Å²) in [5.74, 6) is 0. The van der Waals surface area contributed by atoms with E-state index in [1.165, 1.54) is 12.3 Å². The van der Waals surface area contributed by atoms with Crippen molar-refractivity contribution in [2.75, 3.05) is 0 Å². The fourth-order valence-electron chi connectivity index (χ4n) is 1.40. The third-order valence-corrected chi connectivity index (χ3v) is 2.07. The van der Waals surface area contributed by atoms with Gasteiger partial charge in [-0.2, -0.15) is 0 Å². The summed E-state index contributed by atoms with van der Waals surface area (Å²) in [5, 5.41) is 11.3. The molecule has 0 bridgehead atoms. The van der Waals surface area contributed by atoms with Crippen LogP contribution in [0.15, 0.2) is 30.5 Å². The first kappa shape index (κ1) is 8.62. The predicted octanol–water partition coefficient (Wildman–Crippen LogP) is 2.45. The molecule has 0 N–H and O–H groups in total. The lowest BCUT2D eigenvalue weighted by Crippen LogP contribution is -1.91. The molecule has 0 amide bonds. The Labute approximate surface area is 80.4 Å². The number of aromatic nitrogens is 1. The zero-order valence-corrected chi connectivity index (χ0v) is 7.60. The smallest absolute Gasteiger partial charge is 0.258 e. The van der Waals surface area contributed by atoms with Crippen LogP contribution in [0.2, 0.25) is 0 Å². The number of hydrogen-bond donors (Lipinski definition) is 0. The summed E-state index contributed by atoms with van der Waals surface area (Å²) in [6, 6.07) is 6.87. The van der Waals surface area contributed by atoms with Crippen molar-refractivity contribution >= 4 is 16.6 Å². The highest BCUT2D eigenvalue weighted by Gasteiger charge is 2.11. The molecule has 70 valence electrons. The fraction of sp³-hybridized carbons (Fsp3) is 0.100. The number of hydrogen-bond acceptors (Lipinski definition) is 3. The number of aryl methyl sites for hydroxylation is 1. The number of rotatable bonds is 1. The number of pyridine rings is 1. The third-order valence-electron chi connectivity index (χ3n) is 2.07. The first-order valence-electron chi connectivity index (χ1n) is 4.18. The van der Waals surface area contributed by atoms with E-state index in [9.17, 15) is 10.1 Å². The van der Waals surface area contributed by atoms with E-state index in [2.05, 4.69) is 4.98 Å². The van der Waals surface area contributed by atoms with E-state index < -0.39 is 0 Å². The van der Waals surface area contributed by atoms with Crippen LogP contribution in [-0.4, -0.2) is 9.91 Å². The molecule has 0 spiro atoms. The lowest BCUT2D eigenvalue weighted by atomic mass is 10.1. The van der Waals surface area contributed by atoms with Gasteiger partial charge >= 0.3 is 0 Å². The van der Waals surface area contributed by atoms with Gasteiger partial charge in [0.1, 0.15) is 0 Å². The second kappa shape index (κ2) is 3.06. The second-order valence-electron chi connectivity index (χ2n) is 3.11. The predicted molar refractivity (Wildman–Crippen MR) is 53.1 cm³/mol. The summed E-state index contributed by atoms with van der Waals surface area (Å²) in [6.07, 6.45) is 1.45. The quantitative estimate of drug-likeness (QED) is 0.510. The van der Waals surface area contributed by atoms with Crippen molar-refractivity contribution in [1.82, 2.24) is 4.98 Å². The van der Waals surface area contributed by atoms with Crippen LogP contribution < -0.4 is 0 Å². The number of fused-ring (bicyclic) bond motifs is 1. The Morgan fingerprint density at radius 3 is 2.86 bits per heavy atom. The maximum absolute atomic E-state index is 10.7. The van der Waals surface area contributed by atoms with Crippen molar-refractivity contribution in [3.63, 3.8) is 0 Å². The van der Waals surface area contributed by atoms with Crippen LogP contribution in [0.1, 0.15) is 5.56 Å². The van der Waals surface area contributed by atoms with E-state index in [0.29, 0.717) is 10.9 Å². The molecule has 0 radical (unpaired) electrons. The Balaban J connectivity index is 2.84. The number of nitro groups is 1. The van der Waals surface area contributed by atoms with Crippen molar-refractivity contribution in [2.24, 2.45) is 0 Å². The molecule has 0 atom stereocenters. The molecule has 4 nitrogen and oxygen atoms in total. The minimum atomic E-state index is -0.385. The van der Waals surface area contributed by atoms with Crippen molar-refractivity contribution < 1.29 is 4.92 Å². The summed E-state index contributed by atoms with van der Waals surface area (Å²) >= 11 is 0. The fourth-order valence-corrected chi connectivity index (χ4v) is 1.40. The Kier molecular flexibility index (Phi) is 1.89. The monoisotopic (exact) mass is 188 g/mol. The Hall–Kier alpha value is -1.97. The van der Waals surface area contributed by atoms with Crippen LogP contribution in [0.25, 0.3) is 10.9 Å². The highest BCUT2D eigenvalue weighted by atomic mass is 16.6. The van der Waals surface area contributed by atoms with Gasteiger partial charge < -0.3 is 0 Å². The average Bonchev–Trinajstić information content (AvgIpc) is 2.16. The van der Waals surface area contributed by atoms with Gasteiger partial charge in [-0.3, -0.25) is 15.1 Å². The first-order valence-corrected chi connectivity index (χ1v) is 4.18. The van der Waals surface area contributed by atoms with Crippen LogP contribution in [-0.2, 0) is 0 Å². The molecule has 1 aromatic carbocycles. The lowest BCUT2D eigenvalue weighted by Gasteiger charge is -1.99. The molecule has 0 aliphatic carbocycles. The van der Waals surface area contributed by atoms with Gasteiger partial charge in [-0.15, -0.1) is 0 Å². The van der Waals surface area contributed by atoms with Crippen LogP contribution in [0.5, 0.6) is 0 Å². The Morgan fingerprint density at radius 1 is 1.36 bits per heavy atom. The third kappa shape index (κ3) is 1.31. The topological polar surface area (TPSA) is 56.0 Å². The molecule has 0 aliphatic heterocycles. The molecule has 0 aliphatic rings. The number of benzene rings is 1. The molecule has 1 heterocycles. The van der Waals surface area contributed by atoms with Gasteiger partial charge in [0, 0.05) is 12.3 Å². The van der Waals surface area contributed by atoms with Gasteiger partial charge in [-0.05, 0) is 19.1 Å².